The van der Waals surface area contributed by atoms with Crippen molar-refractivity contribution in [1.29, 1.82) is 0 Å². The SMILES string of the molecule is C[C@@H](SCc1ccccc1)C(=O)N1CCN(Cc2ccccc2)CC1. The first-order valence-electron chi connectivity index (χ1n) is 8.93. The smallest absolute Gasteiger partial charge is 0.235 e. The van der Waals surface area contributed by atoms with E-state index in [2.05, 4.69) is 47.4 Å². The normalized spacial score (nSPS) is 16.6. The Morgan fingerprint density at radius 3 is 2.08 bits per heavy atom. The molecule has 4 heteroatoms. The molecule has 1 aliphatic rings. The molecule has 3 nitrogen and oxygen atoms in total. The van der Waals surface area contributed by atoms with Crippen LogP contribution in [0.3, 0.4) is 0 Å². The number of thioether (sulfide) groups is 1. The van der Waals surface area contributed by atoms with Crippen molar-refractivity contribution in [2.45, 2.75) is 24.5 Å². The maximum absolute atomic E-state index is 12.7. The van der Waals surface area contributed by atoms with Gasteiger partial charge in [-0.15, -0.1) is 11.8 Å². The molecule has 1 atom stereocenters. The van der Waals surface area contributed by atoms with Gasteiger partial charge >= 0.3 is 0 Å². The summed E-state index contributed by atoms with van der Waals surface area (Å²) in [5, 5.41) is 0.0147. The quantitative estimate of drug-likeness (QED) is 0.791. The highest BCUT2D eigenvalue weighted by molar-refractivity contribution is 7.99. The van der Waals surface area contributed by atoms with Crippen LogP contribution in [-0.4, -0.2) is 47.1 Å². The maximum atomic E-state index is 12.7. The molecule has 0 unspecified atom stereocenters. The van der Waals surface area contributed by atoms with Gasteiger partial charge in [0.15, 0.2) is 0 Å². The van der Waals surface area contributed by atoms with Crippen LogP contribution in [0, 0.1) is 0 Å². The maximum Gasteiger partial charge on any atom is 0.235 e. The Hall–Kier alpha value is -1.78. The summed E-state index contributed by atoms with van der Waals surface area (Å²) >= 11 is 1.73. The Morgan fingerprint density at radius 2 is 1.48 bits per heavy atom. The van der Waals surface area contributed by atoms with Crippen molar-refractivity contribution < 1.29 is 4.79 Å². The molecule has 25 heavy (non-hydrogen) atoms. The zero-order valence-electron chi connectivity index (χ0n) is 14.8. The number of carbonyl (C=O) groups is 1. The average Bonchev–Trinajstić information content (AvgIpc) is 2.68. The molecule has 1 aliphatic heterocycles. The van der Waals surface area contributed by atoms with Crippen molar-refractivity contribution in [1.82, 2.24) is 9.80 Å². The molecule has 2 aromatic rings. The number of benzene rings is 2. The summed E-state index contributed by atoms with van der Waals surface area (Å²) in [4.78, 5) is 17.1. The van der Waals surface area contributed by atoms with E-state index in [-0.39, 0.29) is 11.2 Å². The number of piperazine rings is 1. The Balaban J connectivity index is 1.43. The topological polar surface area (TPSA) is 23.6 Å². The predicted octanol–water partition coefficient (Wildman–Crippen LogP) is 3.65. The second-order valence-electron chi connectivity index (χ2n) is 6.53. The van der Waals surface area contributed by atoms with Crippen LogP contribution in [-0.2, 0) is 17.1 Å². The third-order valence-corrected chi connectivity index (χ3v) is 5.83. The predicted molar refractivity (Wildman–Crippen MR) is 105 cm³/mol. The standard InChI is InChI=1S/C21H26N2OS/c1-18(25-17-20-10-6-3-7-11-20)21(24)23-14-12-22(13-15-23)16-19-8-4-2-5-9-19/h2-11,18H,12-17H2,1H3/t18-/m1/s1. The molecule has 0 aliphatic carbocycles. The van der Waals surface area contributed by atoms with Crippen LogP contribution < -0.4 is 0 Å². The molecule has 1 fully saturated rings. The monoisotopic (exact) mass is 354 g/mol. The summed E-state index contributed by atoms with van der Waals surface area (Å²) in [6.45, 7) is 6.59. The minimum atomic E-state index is 0.0147. The summed E-state index contributed by atoms with van der Waals surface area (Å²) < 4.78 is 0. The number of carbonyl (C=O) groups excluding carboxylic acids is 1. The van der Waals surface area contributed by atoms with Crippen molar-refractivity contribution in [2.75, 3.05) is 26.2 Å². The zero-order chi connectivity index (χ0) is 17.5. The molecule has 0 radical (unpaired) electrons. The molecular formula is C21H26N2OS. The number of nitrogens with zero attached hydrogens (tertiary/aromatic N) is 2. The van der Waals surface area contributed by atoms with E-state index in [1.807, 2.05) is 30.0 Å². The van der Waals surface area contributed by atoms with Gasteiger partial charge in [0, 0.05) is 38.5 Å². The summed E-state index contributed by atoms with van der Waals surface area (Å²) in [7, 11) is 0. The highest BCUT2D eigenvalue weighted by atomic mass is 32.2. The molecule has 3 rings (SSSR count). The molecule has 0 bridgehead atoms. The van der Waals surface area contributed by atoms with E-state index in [9.17, 15) is 4.79 Å². The fraction of sp³-hybridized carbons (Fsp3) is 0.381. The van der Waals surface area contributed by atoms with Crippen LogP contribution >= 0.6 is 11.8 Å². The molecule has 0 saturated carbocycles. The molecule has 132 valence electrons. The van der Waals surface area contributed by atoms with Crippen molar-refractivity contribution in [2.24, 2.45) is 0 Å². The Labute approximate surface area is 155 Å². The van der Waals surface area contributed by atoms with Crippen molar-refractivity contribution in [3.8, 4) is 0 Å². The van der Waals surface area contributed by atoms with Crippen LogP contribution in [0.4, 0.5) is 0 Å². The van der Waals surface area contributed by atoms with E-state index < -0.39 is 0 Å². The molecule has 1 saturated heterocycles. The minimum absolute atomic E-state index is 0.0147. The largest absolute Gasteiger partial charge is 0.339 e. The van der Waals surface area contributed by atoms with Gasteiger partial charge in [0.2, 0.25) is 5.91 Å². The van der Waals surface area contributed by atoms with Crippen molar-refractivity contribution in [3.05, 3.63) is 71.8 Å². The van der Waals surface area contributed by atoms with Gasteiger partial charge in [0.1, 0.15) is 0 Å². The molecule has 1 amide bonds. The average molecular weight is 355 g/mol. The van der Waals surface area contributed by atoms with E-state index >= 15 is 0 Å². The van der Waals surface area contributed by atoms with E-state index in [4.69, 9.17) is 0 Å². The summed E-state index contributed by atoms with van der Waals surface area (Å²) in [5.41, 5.74) is 2.62. The van der Waals surface area contributed by atoms with Gasteiger partial charge in [0.05, 0.1) is 5.25 Å². The Morgan fingerprint density at radius 1 is 0.920 bits per heavy atom. The molecule has 2 aromatic carbocycles. The number of hydrogen-bond acceptors (Lipinski definition) is 3. The third kappa shape index (κ3) is 5.35. The van der Waals surface area contributed by atoms with Crippen LogP contribution in [0.1, 0.15) is 18.1 Å². The van der Waals surface area contributed by atoms with Gasteiger partial charge < -0.3 is 4.90 Å². The summed E-state index contributed by atoms with van der Waals surface area (Å²) in [5.74, 6) is 1.17. The van der Waals surface area contributed by atoms with E-state index in [1.165, 1.54) is 11.1 Å². The number of hydrogen-bond donors (Lipinski definition) is 0. The van der Waals surface area contributed by atoms with Gasteiger partial charge in [-0.2, -0.15) is 0 Å². The molecular weight excluding hydrogens is 328 g/mol. The van der Waals surface area contributed by atoms with Gasteiger partial charge in [-0.25, -0.2) is 0 Å². The van der Waals surface area contributed by atoms with Gasteiger partial charge in [0.25, 0.3) is 0 Å². The fourth-order valence-electron chi connectivity index (χ4n) is 3.09. The lowest BCUT2D eigenvalue weighted by molar-refractivity contribution is -0.132. The van der Waals surface area contributed by atoms with Crippen LogP contribution in [0.5, 0.6) is 0 Å². The zero-order valence-corrected chi connectivity index (χ0v) is 15.6. The van der Waals surface area contributed by atoms with Crippen LogP contribution in [0.15, 0.2) is 60.7 Å². The first kappa shape index (κ1) is 18.0. The van der Waals surface area contributed by atoms with E-state index in [0.717, 1.165) is 38.5 Å². The van der Waals surface area contributed by atoms with Crippen LogP contribution in [0.2, 0.25) is 0 Å². The lowest BCUT2D eigenvalue weighted by Crippen LogP contribution is -2.50. The fourth-order valence-corrected chi connectivity index (χ4v) is 4.02. The lowest BCUT2D eigenvalue weighted by atomic mass is 10.2. The Bertz CT molecular complexity index is 654. The summed E-state index contributed by atoms with van der Waals surface area (Å²) in [6, 6.07) is 20.9. The van der Waals surface area contributed by atoms with Crippen molar-refractivity contribution >= 4 is 17.7 Å². The number of rotatable bonds is 6. The van der Waals surface area contributed by atoms with Crippen molar-refractivity contribution in [3.63, 3.8) is 0 Å². The minimum Gasteiger partial charge on any atom is -0.339 e. The third-order valence-electron chi connectivity index (χ3n) is 4.62. The first-order chi connectivity index (χ1) is 12.2. The van der Waals surface area contributed by atoms with Crippen LogP contribution in [0.25, 0.3) is 0 Å². The first-order valence-corrected chi connectivity index (χ1v) is 9.98. The molecule has 0 spiro atoms. The highest BCUT2D eigenvalue weighted by Crippen LogP contribution is 2.20. The molecule has 0 aromatic heterocycles. The van der Waals surface area contributed by atoms with E-state index in [1.54, 1.807) is 11.8 Å². The molecule has 0 N–H and O–H groups in total. The highest BCUT2D eigenvalue weighted by Gasteiger charge is 2.25. The van der Waals surface area contributed by atoms with Gasteiger partial charge in [-0.1, -0.05) is 60.7 Å². The summed E-state index contributed by atoms with van der Waals surface area (Å²) in [6.07, 6.45) is 0. The lowest BCUT2D eigenvalue weighted by Gasteiger charge is -2.36. The molecule has 1 heterocycles. The Kier molecular flexibility index (Phi) is 6.54. The van der Waals surface area contributed by atoms with Gasteiger partial charge in [-0.05, 0) is 18.1 Å². The van der Waals surface area contributed by atoms with E-state index in [0.29, 0.717) is 0 Å². The van der Waals surface area contributed by atoms with Gasteiger partial charge in [-0.3, -0.25) is 9.69 Å². The number of amides is 1. The second-order valence-corrected chi connectivity index (χ2v) is 7.85. The second kappa shape index (κ2) is 9.07.